The summed E-state index contributed by atoms with van der Waals surface area (Å²) in [5.41, 5.74) is 6.23. The van der Waals surface area contributed by atoms with Crippen molar-refractivity contribution < 1.29 is 9.90 Å². The van der Waals surface area contributed by atoms with Gasteiger partial charge in [-0.3, -0.25) is 4.79 Å². The molecule has 6 heteroatoms. The van der Waals surface area contributed by atoms with Gasteiger partial charge < -0.3 is 16.2 Å². The molecular weight excluding hydrogens is 287 g/mol. The third-order valence-corrected chi connectivity index (χ3v) is 3.53. The molecule has 0 saturated heterocycles. The molecule has 1 aromatic rings. The van der Waals surface area contributed by atoms with Crippen LogP contribution in [0.2, 0.25) is 10.0 Å². The highest BCUT2D eigenvalue weighted by molar-refractivity contribution is 6.39. The summed E-state index contributed by atoms with van der Waals surface area (Å²) in [6.07, 6.45) is 0.500. The Morgan fingerprint density at radius 1 is 1.37 bits per heavy atom. The highest BCUT2D eigenvalue weighted by Crippen LogP contribution is 2.28. The van der Waals surface area contributed by atoms with E-state index in [9.17, 15) is 4.79 Å². The molecule has 1 unspecified atom stereocenters. The van der Waals surface area contributed by atoms with Crippen molar-refractivity contribution in [2.24, 2.45) is 5.92 Å². The summed E-state index contributed by atoms with van der Waals surface area (Å²) in [4.78, 5) is 12.1. The lowest BCUT2D eigenvalue weighted by Gasteiger charge is -2.21. The van der Waals surface area contributed by atoms with Crippen LogP contribution in [-0.4, -0.2) is 23.7 Å². The lowest BCUT2D eigenvalue weighted by molar-refractivity contribution is 0.0916. The lowest BCUT2D eigenvalue weighted by Crippen LogP contribution is -2.39. The van der Waals surface area contributed by atoms with E-state index >= 15 is 0 Å². The molecule has 0 bridgehead atoms. The number of halogens is 2. The Morgan fingerprint density at radius 3 is 2.32 bits per heavy atom. The van der Waals surface area contributed by atoms with Crippen molar-refractivity contribution in [1.82, 2.24) is 5.32 Å². The van der Waals surface area contributed by atoms with E-state index in [4.69, 9.17) is 34.0 Å². The highest BCUT2D eigenvalue weighted by atomic mass is 35.5. The number of amides is 1. The van der Waals surface area contributed by atoms with Gasteiger partial charge in [0.2, 0.25) is 0 Å². The summed E-state index contributed by atoms with van der Waals surface area (Å²) < 4.78 is 0. The number of aliphatic hydroxyl groups is 1. The van der Waals surface area contributed by atoms with Gasteiger partial charge in [0.05, 0.1) is 15.7 Å². The van der Waals surface area contributed by atoms with Crippen molar-refractivity contribution in [1.29, 1.82) is 0 Å². The number of nitrogens with two attached hydrogens (primary N) is 1. The topological polar surface area (TPSA) is 75.3 Å². The molecule has 0 aliphatic heterocycles. The predicted molar refractivity (Wildman–Crippen MR) is 78.7 cm³/mol. The molecule has 1 amide bonds. The number of carbonyl (C=O) groups excluding carboxylic acids is 1. The molecule has 4 N–H and O–H groups in total. The Bertz CT molecular complexity index is 441. The second-order valence-electron chi connectivity index (χ2n) is 4.69. The monoisotopic (exact) mass is 304 g/mol. The van der Waals surface area contributed by atoms with Gasteiger partial charge in [0.1, 0.15) is 0 Å². The number of hydrogen-bond acceptors (Lipinski definition) is 3. The van der Waals surface area contributed by atoms with Gasteiger partial charge >= 0.3 is 0 Å². The van der Waals surface area contributed by atoms with Crippen molar-refractivity contribution in [3.8, 4) is 0 Å². The summed E-state index contributed by atoms with van der Waals surface area (Å²) in [5, 5.41) is 12.3. The zero-order valence-corrected chi connectivity index (χ0v) is 12.4. The summed E-state index contributed by atoms with van der Waals surface area (Å²) in [6.45, 7) is 3.97. The number of rotatable bonds is 5. The van der Waals surface area contributed by atoms with E-state index in [-0.39, 0.29) is 40.2 Å². The molecule has 0 aromatic heterocycles. The van der Waals surface area contributed by atoms with Crippen LogP contribution in [0.15, 0.2) is 12.1 Å². The predicted octanol–water partition coefficient (Wildman–Crippen LogP) is 2.71. The molecule has 4 nitrogen and oxygen atoms in total. The van der Waals surface area contributed by atoms with Gasteiger partial charge in [-0.05, 0) is 24.5 Å². The van der Waals surface area contributed by atoms with Crippen LogP contribution in [0.5, 0.6) is 0 Å². The van der Waals surface area contributed by atoms with Gasteiger partial charge in [0, 0.05) is 18.2 Å². The fraction of sp³-hybridized carbons (Fsp3) is 0.462. The standard InChI is InChI=1S/C13H18Cl2N2O2/c1-7(2)11(3-4-18)17-13(19)8-5-9(14)12(16)10(15)6-8/h5-7,11,18H,3-4,16H2,1-2H3,(H,17,19). The highest BCUT2D eigenvalue weighted by Gasteiger charge is 2.18. The summed E-state index contributed by atoms with van der Waals surface area (Å²) in [7, 11) is 0. The van der Waals surface area contributed by atoms with Gasteiger partial charge in [-0.15, -0.1) is 0 Å². The number of anilines is 1. The second-order valence-corrected chi connectivity index (χ2v) is 5.50. The van der Waals surface area contributed by atoms with Crippen LogP contribution >= 0.6 is 23.2 Å². The largest absolute Gasteiger partial charge is 0.396 e. The fourth-order valence-corrected chi connectivity index (χ4v) is 2.17. The maximum Gasteiger partial charge on any atom is 0.251 e. The molecule has 106 valence electrons. The minimum Gasteiger partial charge on any atom is -0.396 e. The number of benzene rings is 1. The molecule has 0 fully saturated rings. The third-order valence-electron chi connectivity index (χ3n) is 2.90. The molecule has 0 spiro atoms. The number of aliphatic hydroxyl groups excluding tert-OH is 1. The normalized spacial score (nSPS) is 12.5. The van der Waals surface area contributed by atoms with E-state index in [0.717, 1.165) is 0 Å². The second kappa shape index (κ2) is 6.98. The first-order valence-corrected chi connectivity index (χ1v) is 6.78. The molecule has 1 aromatic carbocycles. The van der Waals surface area contributed by atoms with Crippen LogP contribution in [0.25, 0.3) is 0 Å². The number of carbonyl (C=O) groups is 1. The number of hydrogen-bond donors (Lipinski definition) is 3. The van der Waals surface area contributed by atoms with Crippen LogP contribution in [0, 0.1) is 5.92 Å². The molecule has 19 heavy (non-hydrogen) atoms. The molecule has 0 aliphatic rings. The average Bonchev–Trinajstić information content (AvgIpc) is 2.34. The molecule has 0 radical (unpaired) electrons. The van der Waals surface area contributed by atoms with E-state index in [1.54, 1.807) is 0 Å². The first kappa shape index (κ1) is 16.1. The van der Waals surface area contributed by atoms with Gasteiger partial charge in [-0.25, -0.2) is 0 Å². The minimum absolute atomic E-state index is 0.0202. The van der Waals surface area contributed by atoms with Crippen molar-refractivity contribution >= 4 is 34.8 Å². The van der Waals surface area contributed by atoms with Crippen molar-refractivity contribution in [2.75, 3.05) is 12.3 Å². The molecule has 0 aliphatic carbocycles. The summed E-state index contributed by atoms with van der Waals surface area (Å²) in [6, 6.07) is 2.86. The Kier molecular flexibility index (Phi) is 5.91. The van der Waals surface area contributed by atoms with Crippen LogP contribution in [0.4, 0.5) is 5.69 Å². The fourth-order valence-electron chi connectivity index (χ4n) is 1.68. The molecular formula is C13H18Cl2N2O2. The van der Waals surface area contributed by atoms with Crippen LogP contribution < -0.4 is 11.1 Å². The van der Waals surface area contributed by atoms with Gasteiger partial charge in [-0.1, -0.05) is 37.0 Å². The maximum absolute atomic E-state index is 12.1. The Hall–Kier alpha value is -0.970. The Morgan fingerprint density at radius 2 is 1.89 bits per heavy atom. The van der Waals surface area contributed by atoms with E-state index in [1.807, 2.05) is 13.8 Å². The molecule has 0 heterocycles. The number of nitrogen functional groups attached to an aromatic ring is 1. The summed E-state index contributed by atoms with van der Waals surface area (Å²) >= 11 is 11.8. The van der Waals surface area contributed by atoms with Gasteiger partial charge in [-0.2, -0.15) is 0 Å². The van der Waals surface area contributed by atoms with E-state index in [0.29, 0.717) is 12.0 Å². The maximum atomic E-state index is 12.1. The average molecular weight is 305 g/mol. The first-order chi connectivity index (χ1) is 8.86. The first-order valence-electron chi connectivity index (χ1n) is 6.03. The van der Waals surface area contributed by atoms with E-state index in [2.05, 4.69) is 5.32 Å². The van der Waals surface area contributed by atoms with Crippen LogP contribution in [0.1, 0.15) is 30.6 Å². The minimum atomic E-state index is -0.282. The third kappa shape index (κ3) is 4.27. The van der Waals surface area contributed by atoms with Crippen LogP contribution in [-0.2, 0) is 0 Å². The molecule has 1 rings (SSSR count). The quantitative estimate of drug-likeness (QED) is 0.732. The van der Waals surface area contributed by atoms with Crippen LogP contribution in [0.3, 0.4) is 0 Å². The van der Waals surface area contributed by atoms with Crippen molar-refractivity contribution in [2.45, 2.75) is 26.3 Å². The Balaban J connectivity index is 2.88. The van der Waals surface area contributed by atoms with Gasteiger partial charge in [0.25, 0.3) is 5.91 Å². The van der Waals surface area contributed by atoms with Gasteiger partial charge in [0.15, 0.2) is 0 Å². The van der Waals surface area contributed by atoms with E-state index in [1.165, 1.54) is 12.1 Å². The SMILES string of the molecule is CC(C)C(CCO)NC(=O)c1cc(Cl)c(N)c(Cl)c1. The molecule has 0 saturated carbocycles. The zero-order valence-electron chi connectivity index (χ0n) is 10.9. The smallest absolute Gasteiger partial charge is 0.251 e. The lowest BCUT2D eigenvalue weighted by atomic mass is 10.0. The summed E-state index contributed by atoms with van der Waals surface area (Å²) in [5.74, 6) is -0.0632. The van der Waals surface area contributed by atoms with Crippen molar-refractivity contribution in [3.05, 3.63) is 27.7 Å². The number of nitrogens with one attached hydrogen (secondary N) is 1. The Labute approximate surface area is 122 Å². The zero-order chi connectivity index (χ0) is 14.6. The van der Waals surface area contributed by atoms with Crippen molar-refractivity contribution in [3.63, 3.8) is 0 Å². The molecule has 1 atom stereocenters. The van der Waals surface area contributed by atoms with E-state index < -0.39 is 0 Å².